The first kappa shape index (κ1) is 24.4. The molecule has 2 aromatic carbocycles. The highest BCUT2D eigenvalue weighted by Gasteiger charge is 2.18. The Bertz CT molecular complexity index is 1350. The van der Waals surface area contributed by atoms with Gasteiger partial charge in [-0.25, -0.2) is 17.5 Å². The number of benzene rings is 2. The van der Waals surface area contributed by atoms with Crippen LogP contribution in [0.1, 0.15) is 29.2 Å². The fraction of sp³-hybridized carbons (Fsp3) is 0.240. The summed E-state index contributed by atoms with van der Waals surface area (Å²) in [6, 6.07) is 9.89. The topological polar surface area (TPSA) is 77.4 Å². The van der Waals surface area contributed by atoms with E-state index >= 15 is 0 Å². The van der Waals surface area contributed by atoms with Crippen molar-refractivity contribution >= 4 is 10.0 Å². The number of halogens is 1. The Morgan fingerprint density at radius 3 is 2.42 bits per heavy atom. The van der Waals surface area contributed by atoms with Crippen molar-refractivity contribution in [2.75, 3.05) is 0 Å². The molecule has 0 aliphatic carbocycles. The molecular formula is C25H27FN2O4S. The summed E-state index contributed by atoms with van der Waals surface area (Å²) in [6.07, 6.45) is 2.23. The third-order valence-electron chi connectivity index (χ3n) is 5.36. The minimum Gasteiger partial charge on any atom is -0.456 e. The zero-order chi connectivity index (χ0) is 24.3. The Hall–Kier alpha value is -3.23. The highest BCUT2D eigenvalue weighted by atomic mass is 32.2. The Balaban J connectivity index is 2.22. The number of pyridine rings is 1. The molecule has 174 valence electrons. The number of aromatic nitrogens is 1. The summed E-state index contributed by atoms with van der Waals surface area (Å²) in [5, 5.41) is 0.847. The predicted molar refractivity (Wildman–Crippen MR) is 128 cm³/mol. The summed E-state index contributed by atoms with van der Waals surface area (Å²) in [7, 11) is -1.99. The van der Waals surface area contributed by atoms with Gasteiger partial charge in [0.2, 0.25) is 10.0 Å². The molecule has 0 radical (unpaired) electrons. The van der Waals surface area contributed by atoms with Crippen molar-refractivity contribution in [3.8, 4) is 22.6 Å². The number of aryl methyl sites for hydroxylation is 4. The van der Waals surface area contributed by atoms with E-state index in [2.05, 4.69) is 11.3 Å². The Morgan fingerprint density at radius 1 is 1.15 bits per heavy atom. The average molecular weight is 471 g/mol. The first-order valence-corrected chi connectivity index (χ1v) is 12.0. The number of nitrogens with one attached hydrogen (secondary N) is 1. The lowest BCUT2D eigenvalue weighted by molar-refractivity contribution is 0.473. The van der Waals surface area contributed by atoms with E-state index in [1.807, 2.05) is 6.92 Å². The van der Waals surface area contributed by atoms with E-state index in [0.29, 0.717) is 51.3 Å². The molecule has 0 amide bonds. The molecular weight excluding hydrogens is 443 g/mol. The van der Waals surface area contributed by atoms with Crippen LogP contribution in [0.15, 0.2) is 59.4 Å². The average Bonchev–Trinajstić information content (AvgIpc) is 2.76. The maximum absolute atomic E-state index is 13.8. The van der Waals surface area contributed by atoms with Crippen molar-refractivity contribution in [3.63, 3.8) is 0 Å². The molecule has 3 aromatic rings. The van der Waals surface area contributed by atoms with Gasteiger partial charge in [0.25, 0.3) is 5.56 Å². The third-order valence-corrected chi connectivity index (χ3v) is 6.35. The molecule has 0 atom stereocenters. The second-order valence-corrected chi connectivity index (χ2v) is 9.53. The van der Waals surface area contributed by atoms with Crippen LogP contribution in [0.25, 0.3) is 11.1 Å². The van der Waals surface area contributed by atoms with E-state index in [9.17, 15) is 17.6 Å². The number of nitrogens with zero attached hydrogens (tertiary/aromatic N) is 1. The molecule has 0 saturated carbocycles. The quantitative estimate of drug-likeness (QED) is 0.517. The lowest BCUT2D eigenvalue weighted by Crippen LogP contribution is -2.22. The Kier molecular flexibility index (Phi) is 7.19. The first-order valence-electron chi connectivity index (χ1n) is 10.4. The van der Waals surface area contributed by atoms with E-state index in [1.54, 1.807) is 51.4 Å². The van der Waals surface area contributed by atoms with Crippen LogP contribution < -0.4 is 15.0 Å². The molecule has 3 rings (SSSR count). The molecule has 0 unspecified atom stereocenters. The van der Waals surface area contributed by atoms with Gasteiger partial charge in [0.05, 0.1) is 0 Å². The standard InChI is InChI=1S/C25H27FN2O4S/c1-6-18-13-20(15-28(5)25(18)29)23-19(14-27-33(30,31)7-2)9-8-10-22(23)32-24-16(3)11-21(26)12-17(24)4/h7-13,15,27H,2,6,14H2,1,3-5H3. The molecule has 0 bridgehead atoms. The molecule has 1 N–H and O–H groups in total. The fourth-order valence-electron chi connectivity index (χ4n) is 3.71. The van der Waals surface area contributed by atoms with Gasteiger partial charge >= 0.3 is 0 Å². The van der Waals surface area contributed by atoms with E-state index < -0.39 is 10.0 Å². The molecule has 1 heterocycles. The minimum absolute atomic E-state index is 0.00737. The summed E-state index contributed by atoms with van der Waals surface area (Å²) in [6.45, 7) is 8.73. The van der Waals surface area contributed by atoms with Crippen molar-refractivity contribution in [2.24, 2.45) is 7.05 Å². The van der Waals surface area contributed by atoms with Crippen LogP contribution in [0, 0.1) is 19.7 Å². The lowest BCUT2D eigenvalue weighted by Gasteiger charge is -2.19. The fourth-order valence-corrected chi connectivity index (χ4v) is 4.19. The largest absolute Gasteiger partial charge is 0.456 e. The molecule has 33 heavy (non-hydrogen) atoms. The maximum atomic E-state index is 13.8. The first-order chi connectivity index (χ1) is 15.6. The molecule has 0 aliphatic heterocycles. The highest BCUT2D eigenvalue weighted by molar-refractivity contribution is 7.92. The smallest absolute Gasteiger partial charge is 0.253 e. The second-order valence-electron chi connectivity index (χ2n) is 7.82. The van der Waals surface area contributed by atoms with E-state index in [-0.39, 0.29) is 17.9 Å². The minimum atomic E-state index is -3.66. The maximum Gasteiger partial charge on any atom is 0.253 e. The van der Waals surface area contributed by atoms with Gasteiger partial charge < -0.3 is 9.30 Å². The van der Waals surface area contributed by atoms with E-state index in [4.69, 9.17) is 4.74 Å². The van der Waals surface area contributed by atoms with Crippen LogP contribution in [0.3, 0.4) is 0 Å². The van der Waals surface area contributed by atoms with Crippen LogP contribution in [0.5, 0.6) is 11.5 Å². The van der Waals surface area contributed by atoms with Crippen molar-refractivity contribution in [3.05, 3.63) is 93.0 Å². The Morgan fingerprint density at radius 2 is 1.82 bits per heavy atom. The summed E-state index contributed by atoms with van der Waals surface area (Å²) >= 11 is 0. The van der Waals surface area contributed by atoms with Gasteiger partial charge in [0.15, 0.2) is 0 Å². The van der Waals surface area contributed by atoms with Crippen molar-refractivity contribution in [1.29, 1.82) is 0 Å². The molecule has 8 heteroatoms. The molecule has 0 saturated heterocycles. The van der Waals surface area contributed by atoms with Crippen LogP contribution in [0.4, 0.5) is 4.39 Å². The van der Waals surface area contributed by atoms with Crippen LogP contribution in [0.2, 0.25) is 0 Å². The van der Waals surface area contributed by atoms with Gasteiger partial charge in [-0.3, -0.25) is 4.79 Å². The van der Waals surface area contributed by atoms with Gasteiger partial charge in [-0.2, -0.15) is 0 Å². The molecule has 0 aliphatic rings. The number of hydrogen-bond acceptors (Lipinski definition) is 4. The van der Waals surface area contributed by atoms with Gasteiger partial charge in [0.1, 0.15) is 17.3 Å². The summed E-state index contributed by atoms with van der Waals surface area (Å²) in [4.78, 5) is 12.5. The van der Waals surface area contributed by atoms with Crippen LogP contribution in [-0.4, -0.2) is 13.0 Å². The Labute approximate surface area is 193 Å². The molecule has 1 aromatic heterocycles. The monoisotopic (exact) mass is 470 g/mol. The van der Waals surface area contributed by atoms with E-state index in [0.717, 1.165) is 5.41 Å². The zero-order valence-electron chi connectivity index (χ0n) is 19.1. The lowest BCUT2D eigenvalue weighted by atomic mass is 9.98. The number of rotatable bonds is 8. The van der Waals surface area contributed by atoms with Crippen LogP contribution >= 0.6 is 0 Å². The van der Waals surface area contributed by atoms with Crippen molar-refractivity contribution < 1.29 is 17.5 Å². The zero-order valence-corrected chi connectivity index (χ0v) is 19.9. The normalized spacial score (nSPS) is 11.4. The molecule has 0 fully saturated rings. The number of sulfonamides is 1. The number of ether oxygens (including phenoxy) is 1. The summed E-state index contributed by atoms with van der Waals surface area (Å²) in [5.41, 5.74) is 3.77. The van der Waals surface area contributed by atoms with Gasteiger partial charge in [0, 0.05) is 41.9 Å². The third kappa shape index (κ3) is 5.40. The van der Waals surface area contributed by atoms with Gasteiger partial charge in [-0.05, 0) is 61.2 Å². The second kappa shape index (κ2) is 9.72. The SMILES string of the molecule is C=CS(=O)(=O)NCc1cccc(Oc2c(C)cc(F)cc2C)c1-c1cc(CC)c(=O)n(C)c1. The molecule has 6 nitrogen and oxygen atoms in total. The summed E-state index contributed by atoms with van der Waals surface area (Å²) in [5.74, 6) is 0.627. The predicted octanol–water partition coefficient (Wildman–Crippen LogP) is 4.73. The van der Waals surface area contributed by atoms with Crippen molar-refractivity contribution in [1.82, 2.24) is 9.29 Å². The highest BCUT2D eigenvalue weighted by Crippen LogP contribution is 2.38. The van der Waals surface area contributed by atoms with Gasteiger partial charge in [-0.1, -0.05) is 25.6 Å². The van der Waals surface area contributed by atoms with Gasteiger partial charge in [-0.15, -0.1) is 0 Å². The summed E-state index contributed by atoms with van der Waals surface area (Å²) < 4.78 is 48.0. The number of hydrogen-bond donors (Lipinski definition) is 1. The molecule has 0 spiro atoms. The van der Waals surface area contributed by atoms with Crippen molar-refractivity contribution in [2.45, 2.75) is 33.7 Å². The van der Waals surface area contributed by atoms with Crippen LogP contribution in [-0.2, 0) is 30.0 Å². The van der Waals surface area contributed by atoms with E-state index in [1.165, 1.54) is 16.7 Å².